The minimum absolute atomic E-state index is 0.0317. The Morgan fingerprint density at radius 2 is 1.92 bits per heavy atom. The van der Waals surface area contributed by atoms with Crippen LogP contribution in [-0.4, -0.2) is 32.4 Å². The fourth-order valence-electron chi connectivity index (χ4n) is 3.53. The minimum atomic E-state index is -4.68. The van der Waals surface area contributed by atoms with Crippen LogP contribution < -0.4 is 27.7 Å². The van der Waals surface area contributed by atoms with Crippen LogP contribution in [-0.2, 0) is 24.1 Å². The molecule has 1 heterocycles. The first-order chi connectivity index (χ1) is 17.3. The minimum Gasteiger partial charge on any atom is -0.507 e. The summed E-state index contributed by atoms with van der Waals surface area (Å²) in [6.45, 7) is 2.98. The van der Waals surface area contributed by atoms with Crippen molar-refractivity contribution in [2.45, 2.75) is 39.2 Å². The topological polar surface area (TPSA) is 172 Å². The van der Waals surface area contributed by atoms with Gasteiger partial charge in [0.05, 0.1) is 23.0 Å². The molecule has 1 amide bonds. The molecule has 0 aliphatic heterocycles. The average molecular weight is 518 g/mol. The Bertz CT molecular complexity index is 1400. The van der Waals surface area contributed by atoms with Gasteiger partial charge in [0.2, 0.25) is 5.91 Å². The van der Waals surface area contributed by atoms with Crippen molar-refractivity contribution in [3.63, 3.8) is 0 Å². The molecule has 0 fully saturated rings. The molecule has 0 bridgehead atoms. The number of hydrogen-bond donors (Lipinski definition) is 6. The zero-order valence-corrected chi connectivity index (χ0v) is 20.0. The number of carbonyl (C=O) groups excluding carboxylic acids is 1. The van der Waals surface area contributed by atoms with Crippen molar-refractivity contribution in [2.75, 3.05) is 11.1 Å². The Balaban J connectivity index is 1.95. The number of nitrogens with zero attached hydrogens (tertiary/aromatic N) is 2. The third-order valence-electron chi connectivity index (χ3n) is 5.20. The van der Waals surface area contributed by atoms with Crippen molar-refractivity contribution in [1.29, 1.82) is 5.41 Å². The summed E-state index contributed by atoms with van der Waals surface area (Å²) < 4.78 is 41.1. The monoisotopic (exact) mass is 517 g/mol. The van der Waals surface area contributed by atoms with Gasteiger partial charge in [-0.2, -0.15) is 13.2 Å². The highest BCUT2D eigenvalue weighted by Gasteiger charge is 2.31. The molecular weight excluding hydrogens is 491 g/mol. The molecule has 0 spiro atoms. The van der Waals surface area contributed by atoms with Gasteiger partial charge in [0, 0.05) is 23.8 Å². The van der Waals surface area contributed by atoms with E-state index >= 15 is 0 Å². The quantitative estimate of drug-likeness (QED) is 0.151. The summed E-state index contributed by atoms with van der Waals surface area (Å²) in [6, 6.07) is 6.99. The molecule has 0 atom stereocenters. The summed E-state index contributed by atoms with van der Waals surface area (Å²) in [7, 11) is 0. The number of carbonyl (C=O) groups is 1. The molecule has 0 saturated carbocycles. The molecule has 13 heteroatoms. The van der Waals surface area contributed by atoms with Gasteiger partial charge in [-0.3, -0.25) is 19.6 Å². The normalized spacial score (nSPS) is 11.4. The van der Waals surface area contributed by atoms with E-state index in [-0.39, 0.29) is 52.5 Å². The number of aromatic nitrogens is 2. The maximum atomic E-state index is 13.4. The summed E-state index contributed by atoms with van der Waals surface area (Å²) in [5.41, 5.74) is 9.73. The van der Waals surface area contributed by atoms with Crippen LogP contribution in [0.5, 0.6) is 5.75 Å². The molecule has 0 radical (unpaired) electrons. The Morgan fingerprint density at radius 1 is 1.22 bits per heavy atom. The molecule has 3 rings (SSSR count). The molecule has 8 N–H and O–H groups in total. The second-order valence-electron chi connectivity index (χ2n) is 8.57. The summed E-state index contributed by atoms with van der Waals surface area (Å²) in [5.74, 6) is -1.26. The highest BCUT2D eigenvalue weighted by atomic mass is 19.4. The number of nitrogens with two attached hydrogens (primary N) is 2. The lowest BCUT2D eigenvalue weighted by Crippen LogP contribution is -2.35. The molecule has 3 aromatic rings. The lowest BCUT2D eigenvalue weighted by Gasteiger charge is -2.17. The fourth-order valence-corrected chi connectivity index (χ4v) is 3.53. The summed E-state index contributed by atoms with van der Waals surface area (Å²) in [6.07, 6.45) is -3.48. The summed E-state index contributed by atoms with van der Waals surface area (Å²) in [5, 5.41) is 22.8. The summed E-state index contributed by atoms with van der Waals surface area (Å²) >= 11 is 0. The van der Waals surface area contributed by atoms with Gasteiger partial charge in [0.25, 0.3) is 5.56 Å². The van der Waals surface area contributed by atoms with Crippen LogP contribution in [0.4, 0.5) is 24.7 Å². The lowest BCUT2D eigenvalue weighted by molar-refractivity contribution is -0.137. The van der Waals surface area contributed by atoms with Gasteiger partial charge in [0.1, 0.15) is 18.1 Å². The first kappa shape index (κ1) is 27.0. The van der Waals surface area contributed by atoms with Crippen molar-refractivity contribution < 1.29 is 23.1 Å². The number of benzene rings is 2. The average Bonchev–Trinajstić information content (AvgIpc) is 2.79. The fraction of sp³-hybridized carbons (Fsp3) is 0.250. The van der Waals surface area contributed by atoms with E-state index in [1.807, 2.05) is 0 Å². The molecule has 10 nitrogen and oxygen atoms in total. The van der Waals surface area contributed by atoms with Crippen LogP contribution in [0.1, 0.15) is 30.5 Å². The third-order valence-corrected chi connectivity index (χ3v) is 5.20. The molecule has 0 unspecified atom stereocenters. The number of hydrogen-bond acceptors (Lipinski definition) is 7. The molecule has 1 aromatic heterocycles. The number of phenols is 1. The Kier molecular flexibility index (Phi) is 7.75. The highest BCUT2D eigenvalue weighted by Crippen LogP contribution is 2.34. The molecule has 37 heavy (non-hydrogen) atoms. The maximum Gasteiger partial charge on any atom is 0.416 e. The van der Waals surface area contributed by atoms with Gasteiger partial charge in [-0.15, -0.1) is 0 Å². The van der Waals surface area contributed by atoms with Crippen LogP contribution in [0.3, 0.4) is 0 Å². The number of nitrogen functional groups attached to an aromatic ring is 2. The van der Waals surface area contributed by atoms with E-state index in [9.17, 15) is 27.9 Å². The number of aromatic hydroxyl groups is 1. The SMILES string of the molecule is CC(C)Nc1ncc(-c2cc(N)cc(C(F)(F)F)c2)n(CC(=O)NCc2ccc(C(=N)N)c(O)c2)c1=O. The Morgan fingerprint density at radius 3 is 2.51 bits per heavy atom. The van der Waals surface area contributed by atoms with E-state index < -0.39 is 29.8 Å². The number of alkyl halides is 3. The van der Waals surface area contributed by atoms with Gasteiger partial charge < -0.3 is 27.2 Å². The van der Waals surface area contributed by atoms with E-state index in [4.69, 9.17) is 16.9 Å². The number of amidine groups is 1. The van der Waals surface area contributed by atoms with Crippen molar-refractivity contribution >= 4 is 23.2 Å². The largest absolute Gasteiger partial charge is 0.507 e. The Labute approximate surface area is 209 Å². The highest BCUT2D eigenvalue weighted by molar-refractivity contribution is 5.97. The van der Waals surface area contributed by atoms with Crippen molar-refractivity contribution in [2.24, 2.45) is 5.73 Å². The molecule has 0 aliphatic carbocycles. The second kappa shape index (κ2) is 10.6. The van der Waals surface area contributed by atoms with E-state index in [2.05, 4.69) is 15.6 Å². The third kappa shape index (κ3) is 6.57. The van der Waals surface area contributed by atoms with E-state index in [0.29, 0.717) is 5.56 Å². The van der Waals surface area contributed by atoms with E-state index in [0.717, 1.165) is 16.7 Å². The number of rotatable bonds is 8. The van der Waals surface area contributed by atoms with Crippen LogP contribution in [0.25, 0.3) is 11.3 Å². The van der Waals surface area contributed by atoms with Crippen LogP contribution in [0.2, 0.25) is 0 Å². The predicted octanol–water partition coefficient (Wildman–Crippen LogP) is 2.64. The lowest BCUT2D eigenvalue weighted by atomic mass is 10.1. The van der Waals surface area contributed by atoms with Gasteiger partial charge in [-0.1, -0.05) is 6.07 Å². The number of anilines is 2. The predicted molar refractivity (Wildman–Crippen MR) is 133 cm³/mol. The number of amides is 1. The van der Waals surface area contributed by atoms with E-state index in [1.165, 1.54) is 24.4 Å². The van der Waals surface area contributed by atoms with Crippen LogP contribution in [0.15, 0.2) is 47.4 Å². The Hall–Kier alpha value is -4.55. The zero-order chi connectivity index (χ0) is 27.5. The molecule has 196 valence electrons. The first-order valence-corrected chi connectivity index (χ1v) is 11.0. The smallest absolute Gasteiger partial charge is 0.416 e. The molecule has 2 aromatic carbocycles. The molecule has 0 aliphatic rings. The van der Waals surface area contributed by atoms with Crippen LogP contribution in [0, 0.1) is 5.41 Å². The first-order valence-electron chi connectivity index (χ1n) is 11.0. The van der Waals surface area contributed by atoms with Gasteiger partial charge in [-0.05, 0) is 49.7 Å². The van der Waals surface area contributed by atoms with Gasteiger partial charge in [0.15, 0.2) is 5.82 Å². The number of nitrogens with one attached hydrogen (secondary N) is 3. The molecular formula is C24H26F3N7O3. The standard InChI is InChI=1S/C24H26F3N7O3/c1-12(2)33-22-23(37)34(11-20(36)31-9-13-3-4-17(21(29)30)19(35)5-13)18(10-32-22)14-6-15(24(25,26)27)8-16(28)7-14/h3-8,10,12,35H,9,11,28H2,1-2H3,(H3,29,30)(H,31,36)(H,32,33). The molecule has 0 saturated heterocycles. The number of phenolic OH excluding ortho intramolecular Hbond substituents is 1. The van der Waals surface area contributed by atoms with Crippen molar-refractivity contribution in [1.82, 2.24) is 14.9 Å². The maximum absolute atomic E-state index is 13.4. The van der Waals surface area contributed by atoms with Crippen molar-refractivity contribution in [3.05, 3.63) is 69.6 Å². The van der Waals surface area contributed by atoms with Crippen LogP contribution >= 0.6 is 0 Å². The summed E-state index contributed by atoms with van der Waals surface area (Å²) in [4.78, 5) is 30.0. The van der Waals surface area contributed by atoms with Gasteiger partial charge in [-0.25, -0.2) is 4.98 Å². The van der Waals surface area contributed by atoms with Crippen molar-refractivity contribution in [3.8, 4) is 17.0 Å². The second-order valence-corrected chi connectivity index (χ2v) is 8.57. The number of halogens is 3. The van der Waals surface area contributed by atoms with Gasteiger partial charge >= 0.3 is 6.18 Å². The van der Waals surface area contributed by atoms with E-state index in [1.54, 1.807) is 19.9 Å². The zero-order valence-electron chi connectivity index (χ0n) is 20.0.